The van der Waals surface area contributed by atoms with E-state index >= 15 is 0 Å². The van der Waals surface area contributed by atoms with Gasteiger partial charge in [-0.25, -0.2) is 13.1 Å². The Morgan fingerprint density at radius 2 is 1.75 bits per heavy atom. The van der Waals surface area contributed by atoms with Gasteiger partial charge in [0.1, 0.15) is 4.90 Å². The molecule has 2 aromatic rings. The zero-order chi connectivity index (χ0) is 20.3. The van der Waals surface area contributed by atoms with Gasteiger partial charge < -0.3 is 9.88 Å². The summed E-state index contributed by atoms with van der Waals surface area (Å²) < 4.78 is 28.9. The van der Waals surface area contributed by atoms with E-state index in [1.54, 1.807) is 18.7 Å². The minimum atomic E-state index is -3.82. The lowest BCUT2D eigenvalue weighted by molar-refractivity contribution is 0.0720. The summed E-state index contributed by atoms with van der Waals surface area (Å²) in [6.45, 7) is 7.08. The fraction of sp³-hybridized carbons (Fsp3) is 0.476. The lowest BCUT2D eigenvalue weighted by atomic mass is 10.0. The molecule has 1 saturated heterocycles. The minimum Gasteiger partial charge on any atom is -0.361 e. The second kappa shape index (κ2) is 8.49. The molecule has 0 saturated carbocycles. The molecule has 0 radical (unpaired) electrons. The Bertz CT molecular complexity index is 929. The van der Waals surface area contributed by atoms with E-state index in [4.69, 9.17) is 0 Å². The van der Waals surface area contributed by atoms with Crippen molar-refractivity contribution in [3.05, 3.63) is 52.8 Å². The van der Waals surface area contributed by atoms with Crippen LogP contribution in [0.25, 0.3) is 0 Å². The van der Waals surface area contributed by atoms with Crippen LogP contribution in [0.5, 0.6) is 0 Å². The van der Waals surface area contributed by atoms with E-state index in [9.17, 15) is 13.2 Å². The van der Waals surface area contributed by atoms with Crippen molar-refractivity contribution in [3.8, 4) is 0 Å². The Kier molecular flexibility index (Phi) is 6.25. The topological polar surface area (TPSA) is 82.3 Å². The van der Waals surface area contributed by atoms with Gasteiger partial charge in [0.05, 0.1) is 5.56 Å². The normalized spacial score (nSPS) is 16.2. The first-order valence-corrected chi connectivity index (χ1v) is 11.3. The number of rotatable bonds is 6. The Morgan fingerprint density at radius 3 is 2.39 bits per heavy atom. The molecular weight excluding hydrogens is 374 g/mol. The molecule has 152 valence electrons. The van der Waals surface area contributed by atoms with Crippen LogP contribution in [0.3, 0.4) is 0 Å². The number of H-pyrrole nitrogens is 1. The zero-order valence-electron chi connectivity index (χ0n) is 16.8. The highest BCUT2D eigenvalue weighted by Gasteiger charge is 2.32. The van der Waals surface area contributed by atoms with E-state index in [2.05, 4.69) is 9.71 Å². The molecule has 1 aromatic heterocycles. The number of hydrogen-bond acceptors (Lipinski definition) is 3. The third-order valence-electron chi connectivity index (χ3n) is 5.39. The predicted octanol–water partition coefficient (Wildman–Crippen LogP) is 3.34. The molecule has 1 amide bonds. The monoisotopic (exact) mass is 403 g/mol. The zero-order valence-corrected chi connectivity index (χ0v) is 17.6. The van der Waals surface area contributed by atoms with Crippen LogP contribution in [0.15, 0.2) is 35.2 Å². The Labute approximate surface area is 167 Å². The molecular formula is C21H29N3O3S. The van der Waals surface area contributed by atoms with Gasteiger partial charge in [-0.2, -0.15) is 0 Å². The summed E-state index contributed by atoms with van der Waals surface area (Å²) in [5.74, 6) is -0.171. The number of nitrogens with one attached hydrogen (secondary N) is 2. The maximum absolute atomic E-state index is 13.1. The molecule has 6 nitrogen and oxygen atoms in total. The van der Waals surface area contributed by atoms with Crippen LogP contribution in [-0.2, 0) is 10.0 Å². The molecule has 1 fully saturated rings. The smallest absolute Gasteiger partial charge is 0.257 e. The van der Waals surface area contributed by atoms with Crippen molar-refractivity contribution in [1.29, 1.82) is 0 Å². The van der Waals surface area contributed by atoms with Crippen molar-refractivity contribution in [2.75, 3.05) is 19.6 Å². The van der Waals surface area contributed by atoms with Gasteiger partial charge >= 0.3 is 0 Å². The SMILES string of the molecule is Cc1[nH]c(C)c(S(=O)(=O)NC[C@H](C)c2ccccc2)c1C(=O)N1CCCCC1. The van der Waals surface area contributed by atoms with Gasteiger partial charge in [-0.1, -0.05) is 37.3 Å². The van der Waals surface area contributed by atoms with Crippen molar-refractivity contribution in [1.82, 2.24) is 14.6 Å². The van der Waals surface area contributed by atoms with E-state index in [1.807, 2.05) is 37.3 Å². The van der Waals surface area contributed by atoms with Gasteiger partial charge in [0, 0.05) is 31.0 Å². The molecule has 0 bridgehead atoms. The minimum absolute atomic E-state index is 0.0255. The number of carbonyl (C=O) groups excluding carboxylic acids is 1. The van der Waals surface area contributed by atoms with Gasteiger partial charge in [-0.05, 0) is 44.6 Å². The number of aryl methyl sites for hydroxylation is 2. The van der Waals surface area contributed by atoms with E-state index in [0.29, 0.717) is 24.5 Å². The molecule has 0 aliphatic carbocycles. The first-order chi connectivity index (χ1) is 13.3. The number of hydrogen-bond donors (Lipinski definition) is 2. The highest BCUT2D eigenvalue weighted by Crippen LogP contribution is 2.27. The number of amides is 1. The third kappa shape index (κ3) is 4.31. The summed E-state index contributed by atoms with van der Waals surface area (Å²) in [4.78, 5) is 18.0. The number of piperidine rings is 1. The second-order valence-electron chi connectivity index (χ2n) is 7.60. The molecule has 7 heteroatoms. The fourth-order valence-corrected chi connectivity index (χ4v) is 5.39. The number of benzene rings is 1. The number of aromatic amines is 1. The van der Waals surface area contributed by atoms with Crippen LogP contribution in [0, 0.1) is 13.8 Å². The molecule has 1 aromatic carbocycles. The number of likely N-dealkylation sites (tertiary alicyclic amines) is 1. The average Bonchev–Trinajstić information content (AvgIpc) is 3.01. The molecule has 1 aliphatic rings. The number of nitrogens with zero attached hydrogens (tertiary/aromatic N) is 1. The summed E-state index contributed by atoms with van der Waals surface area (Å²) in [7, 11) is -3.82. The van der Waals surface area contributed by atoms with Crippen LogP contribution >= 0.6 is 0 Å². The first kappa shape index (κ1) is 20.6. The van der Waals surface area contributed by atoms with E-state index in [0.717, 1.165) is 24.8 Å². The van der Waals surface area contributed by atoms with Gasteiger partial charge in [-0.15, -0.1) is 0 Å². The van der Waals surface area contributed by atoms with Crippen LogP contribution in [0.1, 0.15) is 59.4 Å². The summed E-state index contributed by atoms with van der Waals surface area (Å²) in [5.41, 5.74) is 2.44. The van der Waals surface area contributed by atoms with Gasteiger partial charge in [0.2, 0.25) is 10.0 Å². The quantitative estimate of drug-likeness (QED) is 0.776. The van der Waals surface area contributed by atoms with E-state index < -0.39 is 10.0 Å². The van der Waals surface area contributed by atoms with Crippen LogP contribution in [0.2, 0.25) is 0 Å². The second-order valence-corrected chi connectivity index (χ2v) is 9.30. The Balaban J connectivity index is 1.84. The maximum atomic E-state index is 13.1. The molecule has 1 aliphatic heterocycles. The van der Waals surface area contributed by atoms with Crippen molar-refractivity contribution >= 4 is 15.9 Å². The number of carbonyl (C=O) groups is 1. The highest BCUT2D eigenvalue weighted by atomic mass is 32.2. The standard InChI is InChI=1S/C21H29N3O3S/c1-15(18-10-6-4-7-11-18)14-22-28(26,27)20-17(3)23-16(2)19(20)21(25)24-12-8-5-9-13-24/h4,6-7,10-11,15,22-23H,5,8-9,12-14H2,1-3H3/t15-/m0/s1. The molecule has 0 spiro atoms. The van der Waals surface area contributed by atoms with Crippen LogP contribution in [0.4, 0.5) is 0 Å². The van der Waals surface area contributed by atoms with Gasteiger partial charge in [0.25, 0.3) is 5.91 Å². The summed E-state index contributed by atoms with van der Waals surface area (Å²) in [6, 6.07) is 9.78. The van der Waals surface area contributed by atoms with Gasteiger partial charge in [-0.3, -0.25) is 4.79 Å². The Morgan fingerprint density at radius 1 is 1.11 bits per heavy atom. The fourth-order valence-electron chi connectivity index (χ4n) is 3.81. The first-order valence-electron chi connectivity index (χ1n) is 9.84. The average molecular weight is 404 g/mol. The predicted molar refractivity (Wildman–Crippen MR) is 110 cm³/mol. The molecule has 2 N–H and O–H groups in total. The van der Waals surface area contributed by atoms with Crippen molar-refractivity contribution in [3.63, 3.8) is 0 Å². The third-order valence-corrected chi connectivity index (χ3v) is 6.99. The molecule has 1 atom stereocenters. The number of aromatic nitrogens is 1. The molecule has 3 rings (SSSR count). The Hall–Kier alpha value is -2.12. The van der Waals surface area contributed by atoms with E-state index in [-0.39, 0.29) is 28.8 Å². The lowest BCUT2D eigenvalue weighted by Gasteiger charge is -2.27. The van der Waals surface area contributed by atoms with Crippen molar-refractivity contribution in [2.45, 2.75) is 50.8 Å². The van der Waals surface area contributed by atoms with Gasteiger partial charge in [0.15, 0.2) is 0 Å². The summed E-state index contributed by atoms with van der Waals surface area (Å²) in [6.07, 6.45) is 3.03. The van der Waals surface area contributed by atoms with Crippen LogP contribution in [-0.4, -0.2) is 43.8 Å². The molecule has 2 heterocycles. The molecule has 28 heavy (non-hydrogen) atoms. The largest absolute Gasteiger partial charge is 0.361 e. The maximum Gasteiger partial charge on any atom is 0.257 e. The summed E-state index contributed by atoms with van der Waals surface area (Å²) in [5, 5.41) is 0. The highest BCUT2D eigenvalue weighted by molar-refractivity contribution is 7.89. The number of sulfonamides is 1. The lowest BCUT2D eigenvalue weighted by Crippen LogP contribution is -2.37. The summed E-state index contributed by atoms with van der Waals surface area (Å²) >= 11 is 0. The van der Waals surface area contributed by atoms with E-state index in [1.165, 1.54) is 0 Å². The van der Waals surface area contributed by atoms with Crippen molar-refractivity contribution < 1.29 is 13.2 Å². The van der Waals surface area contributed by atoms with Crippen LogP contribution < -0.4 is 4.72 Å². The van der Waals surface area contributed by atoms with Crippen molar-refractivity contribution in [2.24, 2.45) is 0 Å². The molecule has 0 unspecified atom stereocenters.